The summed E-state index contributed by atoms with van der Waals surface area (Å²) >= 11 is 0. The quantitative estimate of drug-likeness (QED) is 0.245. The Bertz CT molecular complexity index is 185. The molecule has 0 aromatic carbocycles. The number of unbranched alkanes of at least 4 members (excludes halogenated alkanes) is 1. The first-order chi connectivity index (χ1) is 8.18. The van der Waals surface area contributed by atoms with E-state index >= 15 is 0 Å². The lowest BCUT2D eigenvalue weighted by atomic mass is 10.3. The zero-order valence-electron chi connectivity index (χ0n) is 11.3. The van der Waals surface area contributed by atoms with Crippen molar-refractivity contribution in [1.29, 1.82) is 0 Å². The lowest BCUT2D eigenvalue weighted by molar-refractivity contribution is -0.0686. The van der Waals surface area contributed by atoms with Crippen LogP contribution >= 0.6 is 0 Å². The molecule has 0 N–H and O–H groups in total. The highest BCUT2D eigenvalue weighted by Gasteiger charge is 2.21. The molecule has 0 bridgehead atoms. The van der Waals surface area contributed by atoms with E-state index in [-0.39, 0.29) is 6.29 Å². The lowest BCUT2D eigenvalue weighted by Crippen LogP contribution is -2.17. The summed E-state index contributed by atoms with van der Waals surface area (Å²) in [6.45, 7) is 9.56. The Morgan fingerprint density at radius 3 is 2.59 bits per heavy atom. The van der Waals surface area contributed by atoms with Crippen molar-refractivity contribution < 1.29 is 18.6 Å². The first-order valence-corrected chi connectivity index (χ1v) is 8.00. The maximum atomic E-state index is 5.64. The van der Waals surface area contributed by atoms with Gasteiger partial charge in [0.25, 0.3) is 0 Å². The fourth-order valence-corrected chi connectivity index (χ4v) is 2.06. The van der Waals surface area contributed by atoms with Gasteiger partial charge in [-0.15, -0.1) is 0 Å². The van der Waals surface area contributed by atoms with E-state index in [1.165, 1.54) is 0 Å². The van der Waals surface area contributed by atoms with Crippen LogP contribution in [-0.2, 0) is 18.6 Å². The summed E-state index contributed by atoms with van der Waals surface area (Å²) in [5, 5.41) is 0. The van der Waals surface area contributed by atoms with Crippen LogP contribution in [0.15, 0.2) is 0 Å². The SMILES string of the molecule is CC(OCCCCOCC1CO1)O[SiH2]C(C)C. The van der Waals surface area contributed by atoms with Crippen molar-refractivity contribution in [2.45, 2.75) is 51.5 Å². The van der Waals surface area contributed by atoms with Crippen molar-refractivity contribution in [2.75, 3.05) is 26.4 Å². The van der Waals surface area contributed by atoms with Crippen LogP contribution in [0.3, 0.4) is 0 Å². The first kappa shape index (κ1) is 15.1. The van der Waals surface area contributed by atoms with Gasteiger partial charge in [-0.3, -0.25) is 0 Å². The van der Waals surface area contributed by atoms with Crippen molar-refractivity contribution in [3.8, 4) is 0 Å². The van der Waals surface area contributed by atoms with Gasteiger partial charge in [-0.05, 0) is 25.3 Å². The second-order valence-corrected chi connectivity index (χ2v) is 7.20. The van der Waals surface area contributed by atoms with E-state index in [0.717, 1.165) is 39.3 Å². The third kappa shape index (κ3) is 9.73. The molecular weight excluding hydrogens is 236 g/mol. The second kappa shape index (κ2) is 9.05. The van der Waals surface area contributed by atoms with E-state index in [9.17, 15) is 0 Å². The minimum Gasteiger partial charge on any atom is -0.400 e. The van der Waals surface area contributed by atoms with E-state index in [1.54, 1.807) is 0 Å². The van der Waals surface area contributed by atoms with E-state index in [0.29, 0.717) is 11.6 Å². The maximum absolute atomic E-state index is 5.64. The lowest BCUT2D eigenvalue weighted by Gasteiger charge is -2.15. The first-order valence-electron chi connectivity index (χ1n) is 6.61. The highest BCUT2D eigenvalue weighted by Crippen LogP contribution is 2.08. The summed E-state index contributed by atoms with van der Waals surface area (Å²) < 4.78 is 21.7. The number of ether oxygens (including phenoxy) is 3. The highest BCUT2D eigenvalue weighted by atomic mass is 28.2. The van der Waals surface area contributed by atoms with Crippen LogP contribution < -0.4 is 0 Å². The van der Waals surface area contributed by atoms with E-state index in [1.807, 2.05) is 6.92 Å². The number of rotatable bonds is 11. The van der Waals surface area contributed by atoms with Crippen molar-refractivity contribution >= 4 is 9.76 Å². The van der Waals surface area contributed by atoms with Crippen LogP contribution in [-0.4, -0.2) is 48.6 Å². The predicted octanol–water partition coefficient (Wildman–Crippen LogP) is 1.47. The van der Waals surface area contributed by atoms with Crippen LogP contribution in [0.1, 0.15) is 33.6 Å². The summed E-state index contributed by atoms with van der Waals surface area (Å²) in [5.74, 6) is 0. The van der Waals surface area contributed by atoms with Crippen LogP contribution in [0, 0.1) is 0 Å². The molecule has 0 aromatic rings. The number of hydrogen-bond acceptors (Lipinski definition) is 4. The monoisotopic (exact) mass is 262 g/mol. The third-order valence-electron chi connectivity index (χ3n) is 2.41. The maximum Gasteiger partial charge on any atom is 0.167 e. The predicted molar refractivity (Wildman–Crippen MR) is 69.9 cm³/mol. The smallest absolute Gasteiger partial charge is 0.167 e. The van der Waals surface area contributed by atoms with Gasteiger partial charge in [-0.1, -0.05) is 13.8 Å². The number of epoxide rings is 1. The van der Waals surface area contributed by atoms with Gasteiger partial charge in [-0.2, -0.15) is 0 Å². The molecule has 1 aliphatic rings. The Morgan fingerprint density at radius 2 is 1.94 bits per heavy atom. The fourth-order valence-electron chi connectivity index (χ4n) is 1.31. The second-order valence-electron chi connectivity index (χ2n) is 4.90. The van der Waals surface area contributed by atoms with Crippen LogP contribution in [0.4, 0.5) is 0 Å². The largest absolute Gasteiger partial charge is 0.400 e. The van der Waals surface area contributed by atoms with Gasteiger partial charge in [0.2, 0.25) is 0 Å². The van der Waals surface area contributed by atoms with Gasteiger partial charge in [0, 0.05) is 13.2 Å². The molecule has 0 aromatic heterocycles. The molecule has 0 radical (unpaired) electrons. The molecule has 1 saturated heterocycles. The molecule has 5 heteroatoms. The average Bonchev–Trinajstić information content (AvgIpc) is 3.09. The Morgan fingerprint density at radius 1 is 1.24 bits per heavy atom. The molecule has 0 aliphatic carbocycles. The van der Waals surface area contributed by atoms with Crippen molar-refractivity contribution in [3.05, 3.63) is 0 Å². The van der Waals surface area contributed by atoms with E-state index < -0.39 is 9.76 Å². The van der Waals surface area contributed by atoms with Crippen LogP contribution in [0.5, 0.6) is 0 Å². The molecule has 2 unspecified atom stereocenters. The molecule has 2 atom stereocenters. The standard InChI is InChI=1S/C12H26O4Si/c1-10(2)17-16-11(3)14-7-5-4-6-13-8-12-9-15-12/h10-12H,4-9,17H2,1-3H3. The van der Waals surface area contributed by atoms with Crippen LogP contribution in [0.2, 0.25) is 5.54 Å². The zero-order chi connectivity index (χ0) is 12.5. The van der Waals surface area contributed by atoms with Gasteiger partial charge in [0.1, 0.15) is 12.4 Å². The van der Waals surface area contributed by atoms with Crippen molar-refractivity contribution in [2.24, 2.45) is 0 Å². The molecule has 0 spiro atoms. The van der Waals surface area contributed by atoms with Gasteiger partial charge in [0.15, 0.2) is 9.76 Å². The average molecular weight is 262 g/mol. The molecule has 1 rings (SSSR count). The van der Waals surface area contributed by atoms with Crippen molar-refractivity contribution in [1.82, 2.24) is 0 Å². The molecule has 1 heterocycles. The van der Waals surface area contributed by atoms with Gasteiger partial charge >= 0.3 is 0 Å². The Hall–Kier alpha value is 0.0569. The Kier molecular flexibility index (Phi) is 8.05. The summed E-state index contributed by atoms with van der Waals surface area (Å²) in [7, 11) is -0.415. The minimum absolute atomic E-state index is 0.0372. The summed E-state index contributed by atoms with van der Waals surface area (Å²) in [6.07, 6.45) is 2.41. The van der Waals surface area contributed by atoms with E-state index in [4.69, 9.17) is 18.6 Å². The number of hydrogen-bond donors (Lipinski definition) is 0. The molecule has 0 saturated carbocycles. The fraction of sp³-hybridized carbons (Fsp3) is 1.00. The van der Waals surface area contributed by atoms with Gasteiger partial charge in [0.05, 0.1) is 13.2 Å². The van der Waals surface area contributed by atoms with Gasteiger partial charge < -0.3 is 18.6 Å². The third-order valence-corrected chi connectivity index (χ3v) is 3.73. The molecule has 0 amide bonds. The topological polar surface area (TPSA) is 40.2 Å². The normalized spacial score (nSPS) is 21.5. The van der Waals surface area contributed by atoms with Crippen molar-refractivity contribution in [3.63, 3.8) is 0 Å². The van der Waals surface area contributed by atoms with Gasteiger partial charge in [-0.25, -0.2) is 0 Å². The minimum atomic E-state index is -0.415. The molecule has 4 nitrogen and oxygen atoms in total. The molecular formula is C12H26O4Si. The summed E-state index contributed by atoms with van der Waals surface area (Å²) in [4.78, 5) is 0. The Labute approximate surface area is 107 Å². The summed E-state index contributed by atoms with van der Waals surface area (Å²) in [5.41, 5.74) is 0.694. The molecule has 102 valence electrons. The zero-order valence-corrected chi connectivity index (χ0v) is 12.7. The molecule has 17 heavy (non-hydrogen) atoms. The van der Waals surface area contributed by atoms with E-state index in [2.05, 4.69) is 13.8 Å². The van der Waals surface area contributed by atoms with Crippen LogP contribution in [0.25, 0.3) is 0 Å². The summed E-state index contributed by atoms with van der Waals surface area (Å²) in [6, 6.07) is 0. The highest BCUT2D eigenvalue weighted by molar-refractivity contribution is 6.29. The Balaban J connectivity index is 1.75. The molecule has 1 aliphatic heterocycles. The molecule has 1 fully saturated rings.